The first kappa shape index (κ1) is 17.2. The molecule has 0 radical (unpaired) electrons. The molecule has 0 saturated carbocycles. The molecule has 0 fully saturated rings. The Morgan fingerprint density at radius 3 is 2.28 bits per heavy atom. The maximum Gasteiger partial charge on any atom is 0.229 e. The zero-order valence-electron chi connectivity index (χ0n) is 10.6. The predicted molar refractivity (Wildman–Crippen MR) is 75.1 cm³/mol. The van der Waals surface area contributed by atoms with Crippen molar-refractivity contribution in [3.05, 3.63) is 30.1 Å². The van der Waals surface area contributed by atoms with Gasteiger partial charge in [0.2, 0.25) is 10.0 Å². The Kier molecular flexibility index (Phi) is 8.75. The number of halogens is 2. The lowest BCUT2D eigenvalue weighted by Gasteiger charge is -2.03. The molecule has 1 N–H and O–H groups in total. The van der Waals surface area contributed by atoms with Gasteiger partial charge in [0.15, 0.2) is 0 Å². The van der Waals surface area contributed by atoms with E-state index < -0.39 is 15.8 Å². The molecule has 1 rings (SSSR count). The molecule has 104 valence electrons. The van der Waals surface area contributed by atoms with Crippen molar-refractivity contribution < 1.29 is 12.8 Å². The van der Waals surface area contributed by atoms with Gasteiger partial charge in [0.1, 0.15) is 5.82 Å². The molecule has 1 aromatic rings. The molecule has 0 heterocycles. The Bertz CT molecular complexity index is 433. The van der Waals surface area contributed by atoms with E-state index in [1.165, 1.54) is 37.5 Å². The first-order valence-electron chi connectivity index (χ1n) is 5.69. The van der Waals surface area contributed by atoms with Gasteiger partial charge in [0.25, 0.3) is 0 Å². The summed E-state index contributed by atoms with van der Waals surface area (Å²) in [5, 5.41) is 0. The second kappa shape index (κ2) is 9.16. The molecule has 0 spiro atoms. The van der Waals surface area contributed by atoms with Crippen LogP contribution in [0.5, 0.6) is 0 Å². The van der Waals surface area contributed by atoms with E-state index in [0.29, 0.717) is 0 Å². The molecule has 0 unspecified atom stereocenters. The van der Waals surface area contributed by atoms with Crippen LogP contribution in [0, 0.1) is 5.82 Å². The van der Waals surface area contributed by atoms with E-state index >= 15 is 0 Å². The van der Waals surface area contributed by atoms with Gasteiger partial charge in [0.05, 0.1) is 11.9 Å². The molecular formula is C12H19ClFNO2S. The quantitative estimate of drug-likeness (QED) is 0.666. The van der Waals surface area contributed by atoms with Crippen LogP contribution in [-0.4, -0.2) is 20.6 Å². The van der Waals surface area contributed by atoms with Crippen molar-refractivity contribution in [1.29, 1.82) is 0 Å². The summed E-state index contributed by atoms with van der Waals surface area (Å²) < 4.78 is 36.2. The van der Waals surface area contributed by atoms with Crippen LogP contribution < -0.4 is 4.72 Å². The van der Waals surface area contributed by atoms with E-state index in [2.05, 4.69) is 6.92 Å². The Balaban J connectivity index is 0.000000411. The van der Waals surface area contributed by atoms with Crippen LogP contribution in [0.15, 0.2) is 24.3 Å². The van der Waals surface area contributed by atoms with Crippen LogP contribution in [0.4, 0.5) is 10.1 Å². The molecule has 0 aromatic heterocycles. The third kappa shape index (κ3) is 9.24. The van der Waals surface area contributed by atoms with Crippen LogP contribution in [0.3, 0.4) is 0 Å². The van der Waals surface area contributed by atoms with Crippen molar-refractivity contribution in [3.63, 3.8) is 0 Å². The second-order valence-electron chi connectivity index (χ2n) is 3.75. The molecule has 0 amide bonds. The minimum atomic E-state index is -3.39. The monoisotopic (exact) mass is 295 g/mol. The lowest BCUT2D eigenvalue weighted by Crippen LogP contribution is -2.10. The lowest BCUT2D eigenvalue weighted by molar-refractivity contribution is 0.603. The topological polar surface area (TPSA) is 46.2 Å². The summed E-state index contributed by atoms with van der Waals surface area (Å²) in [4.78, 5) is 0. The van der Waals surface area contributed by atoms with Gasteiger partial charge in [-0.2, -0.15) is 0 Å². The van der Waals surface area contributed by atoms with Gasteiger partial charge in [-0.05, 0) is 18.6 Å². The Morgan fingerprint density at radius 2 is 1.89 bits per heavy atom. The second-order valence-corrected chi connectivity index (χ2v) is 5.88. The summed E-state index contributed by atoms with van der Waals surface area (Å²) in [5.74, 6) is 0.247. The first-order valence-corrected chi connectivity index (χ1v) is 8.11. The van der Waals surface area contributed by atoms with E-state index in [0.717, 1.165) is 12.1 Å². The number of para-hydroxylation sites is 1. The standard InChI is InChI=1S/C7H8FNO2S.C5H11Cl/c1-12(10,11)9-7-5-3-2-4-6(7)8;1-2-3-4-5-6/h2-5,9H,1H3;2-5H2,1H3. The smallest absolute Gasteiger partial charge is 0.229 e. The highest BCUT2D eigenvalue weighted by Crippen LogP contribution is 2.13. The van der Waals surface area contributed by atoms with Crippen LogP contribution in [0.1, 0.15) is 26.2 Å². The highest BCUT2D eigenvalue weighted by molar-refractivity contribution is 7.92. The summed E-state index contributed by atoms with van der Waals surface area (Å²) >= 11 is 5.38. The summed E-state index contributed by atoms with van der Waals surface area (Å²) in [6.45, 7) is 2.17. The molecule has 0 saturated heterocycles. The van der Waals surface area contributed by atoms with Crippen molar-refractivity contribution in [2.45, 2.75) is 26.2 Å². The van der Waals surface area contributed by atoms with E-state index in [4.69, 9.17) is 11.6 Å². The average Bonchev–Trinajstić information content (AvgIpc) is 2.29. The van der Waals surface area contributed by atoms with Crippen molar-refractivity contribution in [3.8, 4) is 0 Å². The SMILES string of the molecule is CCCCCCl.CS(=O)(=O)Nc1ccccc1F. The van der Waals surface area contributed by atoms with E-state index in [1.54, 1.807) is 6.07 Å². The van der Waals surface area contributed by atoms with Crippen LogP contribution in [0.25, 0.3) is 0 Å². The van der Waals surface area contributed by atoms with Crippen molar-refractivity contribution in [2.75, 3.05) is 16.9 Å². The molecule has 0 aliphatic carbocycles. The number of alkyl halides is 1. The fourth-order valence-electron chi connectivity index (χ4n) is 1.09. The van der Waals surface area contributed by atoms with Crippen molar-refractivity contribution in [2.24, 2.45) is 0 Å². The molecule has 6 heteroatoms. The molecule has 18 heavy (non-hydrogen) atoms. The van der Waals surface area contributed by atoms with Crippen molar-refractivity contribution >= 4 is 27.3 Å². The Hall–Kier alpha value is -0.810. The minimum Gasteiger partial charge on any atom is -0.281 e. The van der Waals surface area contributed by atoms with Crippen LogP contribution >= 0.6 is 11.6 Å². The van der Waals surface area contributed by atoms with E-state index in [9.17, 15) is 12.8 Å². The zero-order chi connectivity index (χ0) is 14.0. The van der Waals surface area contributed by atoms with E-state index in [-0.39, 0.29) is 5.69 Å². The number of benzene rings is 1. The third-order valence-electron chi connectivity index (χ3n) is 1.91. The predicted octanol–water partition coefficient (Wildman–Crippen LogP) is 3.61. The fraction of sp³-hybridized carbons (Fsp3) is 0.500. The van der Waals surface area contributed by atoms with Gasteiger partial charge in [0, 0.05) is 5.88 Å². The van der Waals surface area contributed by atoms with E-state index in [1.807, 2.05) is 4.72 Å². The largest absolute Gasteiger partial charge is 0.281 e. The van der Waals surface area contributed by atoms with Crippen LogP contribution in [-0.2, 0) is 10.0 Å². The molecule has 0 aliphatic rings. The van der Waals surface area contributed by atoms with Gasteiger partial charge in [-0.15, -0.1) is 11.6 Å². The molecule has 1 aromatic carbocycles. The Labute approximate surface area is 113 Å². The maximum atomic E-state index is 12.8. The number of hydrogen-bond acceptors (Lipinski definition) is 2. The summed E-state index contributed by atoms with van der Waals surface area (Å²) in [6.07, 6.45) is 4.70. The van der Waals surface area contributed by atoms with Gasteiger partial charge in [-0.3, -0.25) is 4.72 Å². The number of rotatable bonds is 5. The van der Waals surface area contributed by atoms with Gasteiger partial charge in [-0.25, -0.2) is 12.8 Å². The molecular weight excluding hydrogens is 277 g/mol. The van der Waals surface area contributed by atoms with Gasteiger partial charge < -0.3 is 0 Å². The van der Waals surface area contributed by atoms with Crippen molar-refractivity contribution in [1.82, 2.24) is 0 Å². The summed E-state index contributed by atoms with van der Waals surface area (Å²) in [5.41, 5.74) is -0.0278. The normalized spacial score (nSPS) is 10.4. The molecule has 0 bridgehead atoms. The number of unbranched alkanes of at least 4 members (excludes halogenated alkanes) is 2. The molecule has 0 aliphatic heterocycles. The number of hydrogen-bond donors (Lipinski definition) is 1. The maximum absolute atomic E-state index is 12.8. The fourth-order valence-corrected chi connectivity index (χ4v) is 1.84. The van der Waals surface area contributed by atoms with Crippen LogP contribution in [0.2, 0.25) is 0 Å². The molecule has 0 atom stereocenters. The number of sulfonamides is 1. The summed E-state index contributed by atoms with van der Waals surface area (Å²) in [6, 6.07) is 5.59. The third-order valence-corrected chi connectivity index (χ3v) is 2.76. The highest BCUT2D eigenvalue weighted by atomic mass is 35.5. The number of nitrogens with one attached hydrogen (secondary N) is 1. The highest BCUT2D eigenvalue weighted by Gasteiger charge is 2.04. The Morgan fingerprint density at radius 1 is 1.28 bits per heavy atom. The number of anilines is 1. The summed E-state index contributed by atoms with van der Waals surface area (Å²) in [7, 11) is -3.39. The lowest BCUT2D eigenvalue weighted by atomic mass is 10.3. The van der Waals surface area contributed by atoms with Gasteiger partial charge >= 0.3 is 0 Å². The average molecular weight is 296 g/mol. The first-order chi connectivity index (χ1) is 8.40. The van der Waals surface area contributed by atoms with Gasteiger partial charge in [-0.1, -0.05) is 31.9 Å². The zero-order valence-corrected chi connectivity index (χ0v) is 12.2. The molecule has 3 nitrogen and oxygen atoms in total. The minimum absolute atomic E-state index is 0.0278.